The molecule has 1 rings (SSSR count). The minimum Gasteiger partial charge on any atom is -0.352 e. The minimum absolute atomic E-state index is 0.211. The van der Waals surface area contributed by atoms with Gasteiger partial charge in [-0.15, -0.1) is 11.3 Å². The molecule has 0 unspecified atom stereocenters. The van der Waals surface area contributed by atoms with Gasteiger partial charge in [-0.2, -0.15) is 0 Å². The van der Waals surface area contributed by atoms with E-state index in [1.54, 1.807) is 11.4 Å². The van der Waals surface area contributed by atoms with Crippen LogP contribution in [-0.2, 0) is 10.0 Å². The van der Waals surface area contributed by atoms with Crippen molar-refractivity contribution in [3.63, 3.8) is 0 Å². The standard InChI is InChI=1S/C4H5NO2S2.CH4N2O/c5-9(6,7)4-2-1-3-8-4;2-1(3)4/h1-3H,(H2,5,6,7);(H4,2,3,4). The number of hydrogen-bond acceptors (Lipinski definition) is 4. The summed E-state index contributed by atoms with van der Waals surface area (Å²) in [5, 5.41) is 6.45. The van der Waals surface area contributed by atoms with Crippen LogP contribution in [-0.4, -0.2) is 14.4 Å². The van der Waals surface area contributed by atoms with Crippen molar-refractivity contribution >= 4 is 27.4 Å². The van der Waals surface area contributed by atoms with Crippen LogP contribution in [0.3, 0.4) is 0 Å². The van der Waals surface area contributed by atoms with Crippen molar-refractivity contribution in [1.29, 1.82) is 0 Å². The molecule has 0 bridgehead atoms. The van der Waals surface area contributed by atoms with Gasteiger partial charge in [-0.05, 0) is 11.4 Å². The van der Waals surface area contributed by atoms with Gasteiger partial charge in [-0.1, -0.05) is 6.07 Å². The van der Waals surface area contributed by atoms with Gasteiger partial charge < -0.3 is 11.5 Å². The number of hydrogen-bond donors (Lipinski definition) is 3. The first-order valence-electron chi connectivity index (χ1n) is 2.95. The highest BCUT2D eigenvalue weighted by atomic mass is 32.2. The van der Waals surface area contributed by atoms with Gasteiger partial charge >= 0.3 is 6.03 Å². The van der Waals surface area contributed by atoms with Crippen LogP contribution in [0, 0.1) is 0 Å². The summed E-state index contributed by atoms with van der Waals surface area (Å²) in [5.74, 6) is 0. The molecular weight excluding hydrogens is 214 g/mol. The Labute approximate surface area is 79.4 Å². The predicted molar refractivity (Wildman–Crippen MR) is 49.5 cm³/mol. The first-order chi connectivity index (χ1) is 5.84. The second kappa shape index (κ2) is 4.80. The minimum atomic E-state index is -3.44. The van der Waals surface area contributed by atoms with Crippen molar-refractivity contribution in [2.45, 2.75) is 4.21 Å². The predicted octanol–water partition coefficient (Wildman–Crippen LogP) is -0.581. The molecule has 0 saturated heterocycles. The Morgan fingerprint density at radius 2 is 1.85 bits per heavy atom. The molecule has 0 aliphatic carbocycles. The van der Waals surface area contributed by atoms with E-state index >= 15 is 0 Å². The molecule has 0 aromatic carbocycles. The lowest BCUT2D eigenvalue weighted by Gasteiger charge is -1.86. The fourth-order valence-electron chi connectivity index (χ4n) is 0.425. The molecule has 6 N–H and O–H groups in total. The summed E-state index contributed by atoms with van der Waals surface area (Å²) in [5.41, 5.74) is 8.50. The van der Waals surface area contributed by atoms with Gasteiger partial charge in [0.2, 0.25) is 10.0 Å². The number of rotatable bonds is 1. The number of thiophene rings is 1. The Balaban J connectivity index is 0.000000310. The van der Waals surface area contributed by atoms with Crippen LogP contribution >= 0.6 is 11.3 Å². The molecule has 1 heterocycles. The zero-order valence-corrected chi connectivity index (χ0v) is 8.14. The molecule has 8 heteroatoms. The summed E-state index contributed by atoms with van der Waals surface area (Å²) >= 11 is 1.12. The van der Waals surface area contributed by atoms with Crippen LogP contribution in [0.15, 0.2) is 21.7 Å². The fraction of sp³-hybridized carbons (Fsp3) is 0. The van der Waals surface area contributed by atoms with E-state index in [0.717, 1.165) is 11.3 Å². The van der Waals surface area contributed by atoms with Gasteiger partial charge in [0.25, 0.3) is 0 Å². The monoisotopic (exact) mass is 223 g/mol. The third-order valence-electron chi connectivity index (χ3n) is 0.775. The van der Waals surface area contributed by atoms with Crippen molar-refractivity contribution in [2.24, 2.45) is 16.6 Å². The largest absolute Gasteiger partial charge is 0.352 e. The molecule has 0 saturated carbocycles. The van der Waals surface area contributed by atoms with E-state index in [1.807, 2.05) is 0 Å². The van der Waals surface area contributed by atoms with Crippen molar-refractivity contribution < 1.29 is 13.2 Å². The zero-order chi connectivity index (χ0) is 10.5. The maximum absolute atomic E-state index is 10.5. The third-order valence-corrected chi connectivity index (χ3v) is 3.12. The van der Waals surface area contributed by atoms with Gasteiger partial charge in [0.05, 0.1) is 0 Å². The quantitative estimate of drug-likeness (QED) is 0.588. The number of primary sulfonamides is 1. The normalized spacial score (nSPS) is 9.92. The number of amides is 2. The van der Waals surface area contributed by atoms with E-state index in [-0.39, 0.29) is 4.21 Å². The molecule has 74 valence electrons. The van der Waals surface area contributed by atoms with E-state index in [9.17, 15) is 8.42 Å². The Hall–Kier alpha value is -1.12. The van der Waals surface area contributed by atoms with Crippen LogP contribution in [0.1, 0.15) is 0 Å². The summed E-state index contributed by atoms with van der Waals surface area (Å²) < 4.78 is 21.2. The molecule has 6 nitrogen and oxygen atoms in total. The number of primary amides is 2. The highest BCUT2D eigenvalue weighted by Crippen LogP contribution is 2.12. The number of carbonyl (C=O) groups is 1. The van der Waals surface area contributed by atoms with Gasteiger partial charge in [0, 0.05) is 0 Å². The van der Waals surface area contributed by atoms with Crippen LogP contribution < -0.4 is 16.6 Å². The van der Waals surface area contributed by atoms with Crippen molar-refractivity contribution in [1.82, 2.24) is 0 Å². The highest BCUT2D eigenvalue weighted by Gasteiger charge is 2.06. The van der Waals surface area contributed by atoms with Gasteiger partial charge in [0.15, 0.2) is 0 Å². The molecule has 0 aliphatic rings. The lowest BCUT2D eigenvalue weighted by atomic mass is 10.7. The summed E-state index contributed by atoms with van der Waals surface area (Å²) in [6.07, 6.45) is 0. The summed E-state index contributed by atoms with van der Waals surface area (Å²) in [4.78, 5) is 9.00. The average Bonchev–Trinajstić information content (AvgIpc) is 2.31. The van der Waals surface area contributed by atoms with Crippen LogP contribution in [0.5, 0.6) is 0 Å². The van der Waals surface area contributed by atoms with Gasteiger partial charge in [0.1, 0.15) is 4.21 Å². The van der Waals surface area contributed by atoms with E-state index in [4.69, 9.17) is 9.93 Å². The summed E-state index contributed by atoms with van der Waals surface area (Å²) in [7, 11) is -3.44. The maximum atomic E-state index is 10.5. The van der Waals surface area contributed by atoms with E-state index < -0.39 is 16.1 Å². The Morgan fingerprint density at radius 3 is 2.00 bits per heavy atom. The van der Waals surface area contributed by atoms with Gasteiger partial charge in [-0.3, -0.25) is 0 Å². The third kappa shape index (κ3) is 6.08. The highest BCUT2D eigenvalue weighted by molar-refractivity contribution is 7.91. The molecule has 0 spiro atoms. The average molecular weight is 223 g/mol. The topological polar surface area (TPSA) is 129 Å². The molecule has 1 aromatic heterocycles. The second-order valence-corrected chi connectivity index (χ2v) is 4.62. The van der Waals surface area contributed by atoms with Crippen LogP contribution in [0.25, 0.3) is 0 Å². The first kappa shape index (κ1) is 11.9. The maximum Gasteiger partial charge on any atom is 0.309 e. The Kier molecular flexibility index (Phi) is 4.38. The summed E-state index contributed by atoms with van der Waals surface area (Å²) in [6.45, 7) is 0. The van der Waals surface area contributed by atoms with Crippen LogP contribution in [0.4, 0.5) is 4.79 Å². The van der Waals surface area contributed by atoms with E-state index in [2.05, 4.69) is 11.5 Å². The number of sulfonamides is 1. The van der Waals surface area contributed by atoms with Crippen molar-refractivity contribution in [2.75, 3.05) is 0 Å². The smallest absolute Gasteiger partial charge is 0.309 e. The number of nitrogens with two attached hydrogens (primary N) is 3. The lowest BCUT2D eigenvalue weighted by molar-refractivity contribution is 0.256. The number of urea groups is 1. The SMILES string of the molecule is NC(N)=O.NS(=O)(=O)c1cccs1. The molecule has 1 aromatic rings. The first-order valence-corrected chi connectivity index (χ1v) is 5.38. The molecule has 0 fully saturated rings. The fourth-order valence-corrected chi connectivity index (χ4v) is 1.85. The molecule has 0 radical (unpaired) electrons. The molecule has 0 atom stereocenters. The second-order valence-electron chi connectivity index (χ2n) is 1.88. The zero-order valence-electron chi connectivity index (χ0n) is 6.51. The summed E-state index contributed by atoms with van der Waals surface area (Å²) in [6, 6.07) is 2.28. The van der Waals surface area contributed by atoms with Crippen molar-refractivity contribution in [3.8, 4) is 0 Å². The van der Waals surface area contributed by atoms with E-state index in [1.165, 1.54) is 6.07 Å². The Morgan fingerprint density at radius 1 is 1.38 bits per heavy atom. The molecule has 2 amide bonds. The molecule has 13 heavy (non-hydrogen) atoms. The van der Waals surface area contributed by atoms with Gasteiger partial charge in [-0.25, -0.2) is 18.4 Å². The number of carbonyl (C=O) groups excluding carboxylic acids is 1. The molecule has 0 aliphatic heterocycles. The molecular formula is C5H9N3O3S2. The Bertz CT molecular complexity index is 352. The van der Waals surface area contributed by atoms with Crippen molar-refractivity contribution in [3.05, 3.63) is 17.5 Å². The van der Waals surface area contributed by atoms with Crippen LogP contribution in [0.2, 0.25) is 0 Å². The lowest BCUT2D eigenvalue weighted by Crippen LogP contribution is -2.18. The van der Waals surface area contributed by atoms with E-state index in [0.29, 0.717) is 0 Å².